The minimum absolute atomic E-state index is 0.0225. The minimum atomic E-state index is -5.58. The van der Waals surface area contributed by atoms with Crippen LogP contribution in [-0.4, -0.2) is 18.8 Å². The molecule has 3 rings (SSSR count). The number of amides is 1. The Kier molecular flexibility index (Phi) is 6.03. The number of ether oxygens (including phenoxy) is 1. The quantitative estimate of drug-likeness (QED) is 0.501. The molecule has 14 heteroatoms. The van der Waals surface area contributed by atoms with E-state index in [1.54, 1.807) is 0 Å². The molecule has 0 saturated carbocycles. The van der Waals surface area contributed by atoms with E-state index in [0.29, 0.717) is 10.5 Å². The fourth-order valence-electron chi connectivity index (χ4n) is 3.24. The second-order valence-electron chi connectivity index (χ2n) is 7.05. The molecule has 2 aromatic rings. The molecular formula is C19H12ClF9N2O2. The molecule has 2 N–H and O–H groups in total. The van der Waals surface area contributed by atoms with Crippen molar-refractivity contribution in [2.45, 2.75) is 30.7 Å². The van der Waals surface area contributed by atoms with Gasteiger partial charge >= 0.3 is 24.6 Å². The highest BCUT2D eigenvalue weighted by molar-refractivity contribution is 6.31. The van der Waals surface area contributed by atoms with E-state index in [2.05, 4.69) is 4.74 Å². The van der Waals surface area contributed by atoms with E-state index >= 15 is 0 Å². The highest BCUT2D eigenvalue weighted by atomic mass is 35.5. The van der Waals surface area contributed by atoms with Crippen molar-refractivity contribution in [2.75, 3.05) is 11.4 Å². The summed E-state index contributed by atoms with van der Waals surface area (Å²) < 4.78 is 126. The molecule has 0 bridgehead atoms. The molecule has 0 aliphatic carbocycles. The zero-order valence-electron chi connectivity index (χ0n) is 16.0. The monoisotopic (exact) mass is 506 g/mol. The number of anilines is 1. The number of cyclic esters (lactones) is 1. The van der Waals surface area contributed by atoms with Crippen LogP contribution in [0.15, 0.2) is 36.4 Å². The summed E-state index contributed by atoms with van der Waals surface area (Å²) in [5.74, 6) is 0. The molecule has 1 aliphatic heterocycles. The van der Waals surface area contributed by atoms with Gasteiger partial charge in [-0.3, -0.25) is 4.90 Å². The van der Waals surface area contributed by atoms with E-state index < -0.39 is 53.5 Å². The summed E-state index contributed by atoms with van der Waals surface area (Å²) in [5.41, 5.74) is -3.73. The number of alkyl halides is 9. The lowest BCUT2D eigenvalue weighted by molar-refractivity contribution is -0.250. The molecule has 0 aromatic heterocycles. The number of hydrogen-bond acceptors (Lipinski definition) is 3. The summed E-state index contributed by atoms with van der Waals surface area (Å²) >= 11 is 5.94. The van der Waals surface area contributed by atoms with Crippen LogP contribution in [0.1, 0.15) is 22.3 Å². The Morgan fingerprint density at radius 2 is 1.48 bits per heavy atom. The molecule has 1 amide bonds. The number of nitrogens with two attached hydrogens (primary N) is 1. The first kappa shape index (κ1) is 25.0. The van der Waals surface area contributed by atoms with Crippen LogP contribution in [0.25, 0.3) is 0 Å². The number of carbonyl (C=O) groups excluding carboxylic acids is 1. The van der Waals surface area contributed by atoms with Gasteiger partial charge in [-0.05, 0) is 35.9 Å². The normalized spacial score (nSPS) is 19.7. The van der Waals surface area contributed by atoms with Gasteiger partial charge in [-0.15, -0.1) is 0 Å². The Morgan fingerprint density at radius 1 is 0.939 bits per heavy atom. The van der Waals surface area contributed by atoms with E-state index in [-0.39, 0.29) is 35.5 Å². The average Bonchev–Trinajstić information content (AvgIpc) is 3.05. The third kappa shape index (κ3) is 4.56. The second-order valence-corrected chi connectivity index (χ2v) is 7.46. The van der Waals surface area contributed by atoms with Crippen LogP contribution in [0.3, 0.4) is 0 Å². The van der Waals surface area contributed by atoms with Gasteiger partial charge in [0.1, 0.15) is 0 Å². The first-order chi connectivity index (χ1) is 15.0. The number of carbonyl (C=O) groups is 1. The summed E-state index contributed by atoms with van der Waals surface area (Å²) in [5, 5.41) is -0.0225. The van der Waals surface area contributed by atoms with Crippen molar-refractivity contribution in [1.29, 1.82) is 0 Å². The summed E-state index contributed by atoms with van der Waals surface area (Å²) in [6.07, 6.45) is -18.0. The molecule has 1 aliphatic rings. The van der Waals surface area contributed by atoms with Crippen molar-refractivity contribution in [2.24, 2.45) is 5.73 Å². The largest absolute Gasteiger partial charge is 0.434 e. The number of nitrogens with zero attached hydrogens (tertiary/aromatic N) is 1. The van der Waals surface area contributed by atoms with Crippen LogP contribution in [0.4, 0.5) is 50.0 Å². The lowest BCUT2D eigenvalue weighted by atomic mass is 9.89. The van der Waals surface area contributed by atoms with Gasteiger partial charge in [-0.1, -0.05) is 17.7 Å². The molecular weight excluding hydrogens is 495 g/mol. The molecule has 4 nitrogen and oxygen atoms in total. The molecule has 1 heterocycles. The van der Waals surface area contributed by atoms with Gasteiger partial charge in [0.05, 0.1) is 17.7 Å². The van der Waals surface area contributed by atoms with Gasteiger partial charge in [0, 0.05) is 22.8 Å². The van der Waals surface area contributed by atoms with Crippen LogP contribution < -0.4 is 10.6 Å². The van der Waals surface area contributed by atoms with Gasteiger partial charge in [0.15, 0.2) is 0 Å². The molecule has 1 saturated heterocycles. The van der Waals surface area contributed by atoms with Crippen molar-refractivity contribution in [1.82, 2.24) is 0 Å². The van der Waals surface area contributed by atoms with E-state index in [0.717, 1.165) is 12.1 Å². The van der Waals surface area contributed by atoms with Crippen LogP contribution in [-0.2, 0) is 29.2 Å². The number of halogens is 10. The average molecular weight is 507 g/mol. The number of hydrogen-bond donors (Lipinski definition) is 1. The maximum Gasteiger partial charge on any atom is 0.434 e. The van der Waals surface area contributed by atoms with Gasteiger partial charge < -0.3 is 10.5 Å². The van der Waals surface area contributed by atoms with Gasteiger partial charge in [-0.25, -0.2) is 4.79 Å². The highest BCUT2D eigenvalue weighted by Gasteiger charge is 2.65. The summed E-state index contributed by atoms with van der Waals surface area (Å²) in [7, 11) is 0. The molecule has 1 fully saturated rings. The maximum absolute atomic E-state index is 14.1. The zero-order valence-corrected chi connectivity index (χ0v) is 16.8. The molecule has 1 unspecified atom stereocenters. The summed E-state index contributed by atoms with van der Waals surface area (Å²) in [4.78, 5) is 12.7. The standard InChI is InChI=1S/C19H12ClF9N2O2/c20-14-6-13(2-1-9(14)7-30)31-8-16(19(27,28)29,33-15(31)32)10-3-11(17(21,22)23)5-12(4-10)18(24,25)26/h1-6H,7-8,30H2. The Labute approximate surface area is 184 Å². The summed E-state index contributed by atoms with van der Waals surface area (Å²) in [6.45, 7) is -1.49. The fraction of sp³-hybridized carbons (Fsp3) is 0.316. The minimum Gasteiger partial charge on any atom is -0.426 e. The predicted molar refractivity (Wildman–Crippen MR) is 97.3 cm³/mol. The van der Waals surface area contributed by atoms with E-state index in [4.69, 9.17) is 17.3 Å². The third-order valence-electron chi connectivity index (χ3n) is 4.94. The molecule has 180 valence electrons. The molecule has 33 heavy (non-hydrogen) atoms. The van der Waals surface area contributed by atoms with Crippen LogP contribution >= 0.6 is 11.6 Å². The third-order valence-corrected chi connectivity index (χ3v) is 5.29. The number of benzene rings is 2. The summed E-state index contributed by atoms with van der Waals surface area (Å²) in [6, 6.07) is 2.96. The Morgan fingerprint density at radius 3 is 1.91 bits per heavy atom. The second kappa shape index (κ2) is 7.97. The Hall–Kier alpha value is -2.67. The molecule has 0 spiro atoms. The van der Waals surface area contributed by atoms with Crippen molar-refractivity contribution in [3.63, 3.8) is 0 Å². The smallest absolute Gasteiger partial charge is 0.426 e. The van der Waals surface area contributed by atoms with Crippen LogP contribution in [0, 0.1) is 0 Å². The van der Waals surface area contributed by atoms with E-state index in [1.165, 1.54) is 6.07 Å². The lowest BCUT2D eigenvalue weighted by Crippen LogP contribution is -2.46. The first-order valence-corrected chi connectivity index (χ1v) is 9.23. The Balaban J connectivity index is 2.20. The van der Waals surface area contributed by atoms with Crippen molar-refractivity contribution in [3.8, 4) is 0 Å². The van der Waals surface area contributed by atoms with Crippen LogP contribution in [0.2, 0.25) is 5.02 Å². The Bertz CT molecular complexity index is 1050. The van der Waals surface area contributed by atoms with Crippen molar-refractivity contribution >= 4 is 23.4 Å². The van der Waals surface area contributed by atoms with E-state index in [1.807, 2.05) is 0 Å². The topological polar surface area (TPSA) is 55.6 Å². The van der Waals surface area contributed by atoms with Crippen LogP contribution in [0.5, 0.6) is 0 Å². The van der Waals surface area contributed by atoms with Crippen molar-refractivity contribution in [3.05, 3.63) is 63.7 Å². The molecule has 0 radical (unpaired) electrons. The lowest BCUT2D eigenvalue weighted by Gasteiger charge is -2.31. The maximum atomic E-state index is 14.1. The van der Waals surface area contributed by atoms with Gasteiger partial charge in [-0.2, -0.15) is 39.5 Å². The number of rotatable bonds is 3. The van der Waals surface area contributed by atoms with Crippen molar-refractivity contribution < 1.29 is 49.0 Å². The van der Waals surface area contributed by atoms with E-state index in [9.17, 15) is 44.3 Å². The zero-order chi connectivity index (χ0) is 25.0. The predicted octanol–water partition coefficient (Wildman–Crippen LogP) is 6.25. The molecule has 2 aromatic carbocycles. The van der Waals surface area contributed by atoms with Gasteiger partial charge in [0.2, 0.25) is 0 Å². The highest BCUT2D eigenvalue weighted by Crippen LogP contribution is 2.50. The van der Waals surface area contributed by atoms with Gasteiger partial charge in [0.25, 0.3) is 5.60 Å². The molecule has 1 atom stereocenters. The first-order valence-electron chi connectivity index (χ1n) is 8.85. The fourth-order valence-corrected chi connectivity index (χ4v) is 3.49. The SMILES string of the molecule is NCc1ccc(N2CC(c3cc(C(F)(F)F)cc(C(F)(F)F)c3)(C(F)(F)F)OC2=O)cc1Cl.